The van der Waals surface area contributed by atoms with Gasteiger partial charge in [-0.05, 0) is 0 Å². The second-order valence-electron chi connectivity index (χ2n) is 6.80. The zero-order valence-corrected chi connectivity index (χ0v) is 17.7. The van der Waals surface area contributed by atoms with Gasteiger partial charge in [-0.1, -0.05) is 0 Å². The number of halogens is 2. The van der Waals surface area contributed by atoms with Crippen LogP contribution in [0.2, 0.25) is 0 Å². The average Bonchev–Trinajstić information content (AvgIpc) is 2.46. The summed E-state index contributed by atoms with van der Waals surface area (Å²) in [5.74, 6) is 0. The molecule has 1 rings (SSSR count). The van der Waals surface area contributed by atoms with E-state index < -0.39 is 5.31 Å². The zero-order valence-electron chi connectivity index (χ0n) is 13.7. The van der Waals surface area contributed by atoms with Crippen LogP contribution in [0.3, 0.4) is 0 Å². The van der Waals surface area contributed by atoms with Crippen molar-refractivity contribution in [3.05, 3.63) is 30.3 Å². The van der Waals surface area contributed by atoms with Crippen LogP contribution in [-0.4, -0.2) is 24.8 Å². The van der Waals surface area contributed by atoms with Gasteiger partial charge in [-0.15, -0.1) is 0 Å². The van der Waals surface area contributed by atoms with Gasteiger partial charge in [-0.2, -0.15) is 0 Å². The Morgan fingerprint density at radius 1 is 0.762 bits per heavy atom. The topological polar surface area (TPSA) is 0 Å². The standard InChI is InChI=1S/C18H31Br2P/c1-21(2,20,18-14-10-9-11-15-18)17-13-8-6-4-3-5-7-12-16-19/h9-11,14-15H,3-8,12-13,16-17H2,1-2H3. The quantitative estimate of drug-likeness (QED) is 0.199. The van der Waals surface area contributed by atoms with Crippen molar-refractivity contribution in [3.63, 3.8) is 0 Å². The Morgan fingerprint density at radius 2 is 1.24 bits per heavy atom. The van der Waals surface area contributed by atoms with Crippen molar-refractivity contribution in [2.24, 2.45) is 0 Å². The van der Waals surface area contributed by atoms with E-state index in [1.165, 1.54) is 62.8 Å². The summed E-state index contributed by atoms with van der Waals surface area (Å²) in [5, 5.41) is 0.845. The monoisotopic (exact) mass is 436 g/mol. The summed E-state index contributed by atoms with van der Waals surface area (Å²) in [4.78, 5) is 0. The summed E-state index contributed by atoms with van der Waals surface area (Å²) >= 11 is 7.63. The average molecular weight is 438 g/mol. The first-order valence-corrected chi connectivity index (χ1v) is 14.7. The Labute approximate surface area is 148 Å². The molecule has 0 aromatic heterocycles. The summed E-state index contributed by atoms with van der Waals surface area (Å²) in [6.07, 6.45) is 12.4. The van der Waals surface area contributed by atoms with Gasteiger partial charge < -0.3 is 0 Å². The van der Waals surface area contributed by atoms with Gasteiger partial charge >= 0.3 is 149 Å². The molecule has 0 nitrogen and oxygen atoms in total. The molecule has 0 spiro atoms. The number of hydrogen-bond acceptors (Lipinski definition) is 0. The van der Waals surface area contributed by atoms with Crippen LogP contribution < -0.4 is 5.30 Å². The number of unbranched alkanes of at least 4 members (excludes halogenated alkanes) is 7. The maximum absolute atomic E-state index is 4.13. The van der Waals surface area contributed by atoms with E-state index >= 15 is 0 Å². The molecular formula is C18H31Br2P. The van der Waals surface area contributed by atoms with Gasteiger partial charge in [0.15, 0.2) is 0 Å². The van der Waals surface area contributed by atoms with E-state index in [1.807, 2.05) is 0 Å². The molecule has 1 aromatic carbocycles. The first-order valence-electron chi connectivity index (χ1n) is 8.28. The van der Waals surface area contributed by atoms with Gasteiger partial charge in [0.25, 0.3) is 0 Å². The molecule has 0 bridgehead atoms. The number of hydrogen-bond donors (Lipinski definition) is 0. The zero-order chi connectivity index (χ0) is 15.6. The first-order chi connectivity index (χ1) is 9.94. The van der Waals surface area contributed by atoms with Crippen molar-refractivity contribution in [2.45, 2.75) is 51.4 Å². The van der Waals surface area contributed by atoms with Gasteiger partial charge in [-0.25, -0.2) is 0 Å². The van der Waals surface area contributed by atoms with E-state index in [-0.39, 0.29) is 0 Å². The second-order valence-corrected chi connectivity index (χ2v) is 19.8. The molecule has 0 unspecified atom stereocenters. The number of benzene rings is 1. The predicted molar refractivity (Wildman–Crippen MR) is 109 cm³/mol. The van der Waals surface area contributed by atoms with Gasteiger partial charge in [0, 0.05) is 0 Å². The predicted octanol–water partition coefficient (Wildman–Crippen LogP) is 6.95. The molecule has 0 saturated heterocycles. The summed E-state index contributed by atoms with van der Waals surface area (Å²) in [6, 6.07) is 11.0. The van der Waals surface area contributed by atoms with Crippen molar-refractivity contribution in [1.29, 1.82) is 0 Å². The van der Waals surface area contributed by atoms with Crippen LogP contribution in [0.25, 0.3) is 0 Å². The van der Waals surface area contributed by atoms with Crippen LogP contribution in [0, 0.1) is 0 Å². The Kier molecular flexibility index (Phi) is 9.06. The van der Waals surface area contributed by atoms with Crippen LogP contribution in [0.4, 0.5) is 0 Å². The third-order valence-corrected chi connectivity index (χ3v) is 10.6. The summed E-state index contributed by atoms with van der Waals surface area (Å²) in [7, 11) is 0. The minimum atomic E-state index is -1.83. The van der Waals surface area contributed by atoms with Crippen molar-refractivity contribution in [1.82, 2.24) is 0 Å². The Balaban J connectivity index is 2.19. The van der Waals surface area contributed by atoms with E-state index in [1.54, 1.807) is 0 Å². The van der Waals surface area contributed by atoms with Crippen molar-refractivity contribution >= 4 is 42.0 Å². The summed E-state index contributed by atoms with van der Waals surface area (Å²) in [5.41, 5.74) is 0. The molecule has 0 N–H and O–H groups in total. The molecule has 3 heteroatoms. The molecule has 0 heterocycles. The van der Waals surface area contributed by atoms with Crippen LogP contribution in [-0.2, 0) is 0 Å². The third-order valence-electron chi connectivity index (χ3n) is 4.24. The van der Waals surface area contributed by atoms with E-state index in [0.717, 1.165) is 5.33 Å². The van der Waals surface area contributed by atoms with Crippen molar-refractivity contribution in [3.8, 4) is 0 Å². The third kappa shape index (κ3) is 8.14. The molecule has 0 aliphatic carbocycles. The number of alkyl halides is 1. The molecule has 0 fully saturated rings. The molecule has 0 aliphatic heterocycles. The molecule has 0 radical (unpaired) electrons. The fraction of sp³-hybridized carbons (Fsp3) is 0.667. The fourth-order valence-corrected chi connectivity index (χ4v) is 7.08. The molecule has 0 amide bonds. The maximum atomic E-state index is 4.13. The molecular weight excluding hydrogens is 407 g/mol. The van der Waals surface area contributed by atoms with Gasteiger partial charge in [0.2, 0.25) is 0 Å². The van der Waals surface area contributed by atoms with E-state index in [4.69, 9.17) is 0 Å². The number of rotatable bonds is 11. The van der Waals surface area contributed by atoms with E-state index in [9.17, 15) is 0 Å². The van der Waals surface area contributed by atoms with Crippen molar-refractivity contribution < 1.29 is 0 Å². The SMILES string of the molecule is CP(C)(Br)(CCCCCCCCCCBr)c1ccccc1. The molecule has 122 valence electrons. The molecule has 0 aliphatic rings. The van der Waals surface area contributed by atoms with Gasteiger partial charge in [0.1, 0.15) is 0 Å². The summed E-state index contributed by atoms with van der Waals surface area (Å²) < 4.78 is 0. The minimum absolute atomic E-state index is 1.16. The molecule has 21 heavy (non-hydrogen) atoms. The Morgan fingerprint density at radius 3 is 1.76 bits per heavy atom. The van der Waals surface area contributed by atoms with Crippen LogP contribution >= 0.6 is 36.7 Å². The Hall–Kier alpha value is 0.610. The molecule has 0 atom stereocenters. The first kappa shape index (κ1) is 19.7. The van der Waals surface area contributed by atoms with Crippen LogP contribution in [0.5, 0.6) is 0 Å². The van der Waals surface area contributed by atoms with E-state index in [0.29, 0.717) is 0 Å². The second kappa shape index (κ2) is 9.68. The normalized spacial score (nSPS) is 13.8. The fourth-order valence-electron chi connectivity index (χ4n) is 2.74. The van der Waals surface area contributed by atoms with Gasteiger partial charge in [-0.3, -0.25) is 0 Å². The van der Waals surface area contributed by atoms with Crippen LogP contribution in [0.1, 0.15) is 51.4 Å². The molecule has 0 saturated carbocycles. The van der Waals surface area contributed by atoms with Gasteiger partial charge in [0.05, 0.1) is 0 Å². The molecule has 1 aromatic rings. The Bertz CT molecular complexity index is 381. The van der Waals surface area contributed by atoms with Crippen molar-refractivity contribution in [2.75, 3.05) is 24.8 Å². The summed E-state index contributed by atoms with van der Waals surface area (Å²) in [6.45, 7) is 4.89. The van der Waals surface area contributed by atoms with Crippen LogP contribution in [0.15, 0.2) is 30.3 Å². The van der Waals surface area contributed by atoms with E-state index in [2.05, 4.69) is 75.1 Å².